The van der Waals surface area contributed by atoms with Crippen LogP contribution in [-0.2, 0) is 35.5 Å². The molecule has 0 saturated heterocycles. The fourth-order valence-electron chi connectivity index (χ4n) is 4.80. The van der Waals surface area contributed by atoms with Crippen LogP contribution in [0.25, 0.3) is 0 Å². The van der Waals surface area contributed by atoms with E-state index in [1.807, 2.05) is 0 Å². The van der Waals surface area contributed by atoms with Crippen molar-refractivity contribution in [2.75, 3.05) is 27.4 Å². The van der Waals surface area contributed by atoms with Crippen LogP contribution in [0.2, 0.25) is 0 Å². The molecule has 0 saturated carbocycles. The summed E-state index contributed by atoms with van der Waals surface area (Å²) in [5.41, 5.74) is 7.85. The first kappa shape index (κ1) is 25.6. The van der Waals surface area contributed by atoms with Gasteiger partial charge >= 0.3 is 0 Å². The Hall–Kier alpha value is -2.04. The van der Waals surface area contributed by atoms with Crippen molar-refractivity contribution in [3.05, 3.63) is 57.6 Å². The van der Waals surface area contributed by atoms with Gasteiger partial charge in [0.1, 0.15) is 24.7 Å². The predicted octanol–water partition coefficient (Wildman–Crippen LogP) is 6.95. The van der Waals surface area contributed by atoms with E-state index in [1.54, 1.807) is 14.2 Å². The van der Waals surface area contributed by atoms with Crippen molar-refractivity contribution in [3.8, 4) is 11.5 Å². The molecule has 0 spiro atoms. The molecule has 0 N–H and O–H groups in total. The van der Waals surface area contributed by atoms with Gasteiger partial charge in [-0.05, 0) is 84.4 Å². The molecule has 2 aromatic carbocycles. The molecular formula is C29H42O4. The normalized spacial score (nSPS) is 14.3. The third kappa shape index (κ3) is 6.30. The van der Waals surface area contributed by atoms with Crippen LogP contribution in [0, 0.1) is 0 Å². The maximum Gasteiger partial charge on any atom is 0.130 e. The molecule has 0 heterocycles. The van der Waals surface area contributed by atoms with Gasteiger partial charge in [-0.1, -0.05) is 33.8 Å². The molecule has 2 aromatic rings. The second kappa shape index (κ2) is 12.4. The average Bonchev–Trinajstić information content (AvgIpc) is 2.82. The van der Waals surface area contributed by atoms with Gasteiger partial charge in [0.05, 0.1) is 13.2 Å². The van der Waals surface area contributed by atoms with Gasteiger partial charge < -0.3 is 18.9 Å². The molecule has 0 aromatic heterocycles. The molecule has 0 bridgehead atoms. The fourth-order valence-corrected chi connectivity index (χ4v) is 4.80. The smallest absolute Gasteiger partial charge is 0.130 e. The second-order valence-electron chi connectivity index (χ2n) is 9.51. The first-order valence-corrected chi connectivity index (χ1v) is 12.5. The third-order valence-corrected chi connectivity index (χ3v) is 6.79. The zero-order valence-corrected chi connectivity index (χ0v) is 21.5. The van der Waals surface area contributed by atoms with Crippen LogP contribution in [0.5, 0.6) is 11.5 Å². The molecule has 4 heteroatoms. The van der Waals surface area contributed by atoms with E-state index < -0.39 is 0 Å². The predicted molar refractivity (Wildman–Crippen MR) is 135 cm³/mol. The minimum absolute atomic E-state index is 0.429. The van der Waals surface area contributed by atoms with Crippen LogP contribution in [0.1, 0.15) is 92.2 Å². The Labute approximate surface area is 200 Å². The van der Waals surface area contributed by atoms with Crippen molar-refractivity contribution in [1.29, 1.82) is 0 Å². The summed E-state index contributed by atoms with van der Waals surface area (Å²) in [6.45, 7) is 11.0. The lowest BCUT2D eigenvalue weighted by atomic mass is 9.83. The number of benzene rings is 2. The highest BCUT2D eigenvalue weighted by Gasteiger charge is 2.20. The SMILES string of the molecule is CCC(C)c1ccc(OCCOc2c(COC)cc(C(C)C)cc2COC)c2c1CCCC2. The van der Waals surface area contributed by atoms with Gasteiger partial charge in [0.25, 0.3) is 0 Å². The largest absolute Gasteiger partial charge is 0.490 e. The summed E-state index contributed by atoms with van der Waals surface area (Å²) >= 11 is 0. The van der Waals surface area contributed by atoms with E-state index in [9.17, 15) is 0 Å². The summed E-state index contributed by atoms with van der Waals surface area (Å²) in [7, 11) is 3.44. The van der Waals surface area contributed by atoms with Crippen molar-refractivity contribution in [3.63, 3.8) is 0 Å². The first-order valence-electron chi connectivity index (χ1n) is 12.5. The van der Waals surface area contributed by atoms with Crippen LogP contribution in [-0.4, -0.2) is 27.4 Å². The number of rotatable bonds is 12. The summed E-state index contributed by atoms with van der Waals surface area (Å²) in [4.78, 5) is 0. The van der Waals surface area contributed by atoms with Crippen LogP contribution in [0.15, 0.2) is 24.3 Å². The lowest BCUT2D eigenvalue weighted by molar-refractivity contribution is 0.163. The molecule has 1 unspecified atom stereocenters. The second-order valence-corrected chi connectivity index (χ2v) is 9.51. The molecule has 33 heavy (non-hydrogen) atoms. The van der Waals surface area contributed by atoms with E-state index >= 15 is 0 Å². The topological polar surface area (TPSA) is 36.9 Å². The van der Waals surface area contributed by atoms with Crippen molar-refractivity contribution in [2.45, 2.75) is 84.8 Å². The van der Waals surface area contributed by atoms with E-state index in [0.29, 0.717) is 38.3 Å². The zero-order valence-electron chi connectivity index (χ0n) is 21.5. The van der Waals surface area contributed by atoms with Crippen molar-refractivity contribution in [2.24, 2.45) is 0 Å². The molecule has 182 valence electrons. The Morgan fingerprint density at radius 3 is 2.00 bits per heavy atom. The summed E-state index contributed by atoms with van der Waals surface area (Å²) in [5.74, 6) is 2.92. The number of methoxy groups -OCH3 is 2. The molecule has 0 radical (unpaired) electrons. The average molecular weight is 455 g/mol. The van der Waals surface area contributed by atoms with Crippen molar-refractivity contribution >= 4 is 0 Å². The zero-order chi connectivity index (χ0) is 23.8. The molecule has 0 fully saturated rings. The number of hydrogen-bond acceptors (Lipinski definition) is 4. The van der Waals surface area contributed by atoms with Gasteiger partial charge in [0.15, 0.2) is 0 Å². The van der Waals surface area contributed by atoms with Gasteiger partial charge in [-0.15, -0.1) is 0 Å². The van der Waals surface area contributed by atoms with Gasteiger partial charge in [-0.25, -0.2) is 0 Å². The van der Waals surface area contributed by atoms with Crippen LogP contribution < -0.4 is 9.47 Å². The Bertz CT molecular complexity index is 876. The molecular weight excluding hydrogens is 412 g/mol. The number of hydrogen-bond donors (Lipinski definition) is 0. The van der Waals surface area contributed by atoms with Crippen LogP contribution in [0.3, 0.4) is 0 Å². The Morgan fingerprint density at radius 2 is 1.42 bits per heavy atom. The molecule has 1 aliphatic carbocycles. The Morgan fingerprint density at radius 1 is 0.818 bits per heavy atom. The lowest BCUT2D eigenvalue weighted by Crippen LogP contribution is -2.15. The molecule has 1 atom stereocenters. The highest BCUT2D eigenvalue weighted by molar-refractivity contribution is 5.48. The fraction of sp³-hybridized carbons (Fsp3) is 0.586. The van der Waals surface area contributed by atoms with Gasteiger partial charge in [0, 0.05) is 25.3 Å². The summed E-state index contributed by atoms with van der Waals surface area (Å²) in [6.07, 6.45) is 5.98. The minimum Gasteiger partial charge on any atom is -0.490 e. The van der Waals surface area contributed by atoms with Crippen molar-refractivity contribution < 1.29 is 18.9 Å². The van der Waals surface area contributed by atoms with E-state index in [1.165, 1.54) is 47.9 Å². The number of ether oxygens (including phenoxy) is 4. The van der Waals surface area contributed by atoms with Gasteiger partial charge in [0.2, 0.25) is 0 Å². The van der Waals surface area contributed by atoms with E-state index in [4.69, 9.17) is 18.9 Å². The maximum atomic E-state index is 6.27. The van der Waals surface area contributed by atoms with Gasteiger partial charge in [-0.2, -0.15) is 0 Å². The lowest BCUT2D eigenvalue weighted by Gasteiger charge is -2.25. The summed E-state index contributed by atoms with van der Waals surface area (Å²) in [5, 5.41) is 0. The standard InChI is InChI=1S/C29H42O4/c1-7-21(4)25-12-13-28(27-11-9-8-10-26(25)27)32-14-15-33-29-23(18-30-5)16-22(20(2)3)17-24(29)19-31-6/h12-13,16-17,20-21H,7-11,14-15,18-19H2,1-6H3. The molecule has 3 rings (SSSR count). The van der Waals surface area contributed by atoms with Crippen LogP contribution >= 0.6 is 0 Å². The highest BCUT2D eigenvalue weighted by atomic mass is 16.5. The van der Waals surface area contributed by atoms with E-state index in [-0.39, 0.29) is 0 Å². The van der Waals surface area contributed by atoms with E-state index in [0.717, 1.165) is 29.0 Å². The quantitative estimate of drug-likeness (QED) is 0.325. The summed E-state index contributed by atoms with van der Waals surface area (Å²) in [6, 6.07) is 8.84. The third-order valence-electron chi connectivity index (χ3n) is 6.79. The van der Waals surface area contributed by atoms with Crippen molar-refractivity contribution in [1.82, 2.24) is 0 Å². The number of fused-ring (bicyclic) bond motifs is 1. The highest BCUT2D eigenvalue weighted by Crippen LogP contribution is 2.36. The molecule has 4 nitrogen and oxygen atoms in total. The van der Waals surface area contributed by atoms with Crippen LogP contribution in [0.4, 0.5) is 0 Å². The maximum absolute atomic E-state index is 6.27. The monoisotopic (exact) mass is 454 g/mol. The molecule has 0 aliphatic heterocycles. The van der Waals surface area contributed by atoms with E-state index in [2.05, 4.69) is 52.0 Å². The summed E-state index contributed by atoms with van der Waals surface area (Å²) < 4.78 is 23.5. The van der Waals surface area contributed by atoms with Gasteiger partial charge in [-0.3, -0.25) is 0 Å². The Balaban J connectivity index is 1.73. The Kier molecular flexibility index (Phi) is 9.64. The molecule has 1 aliphatic rings. The first-order chi connectivity index (χ1) is 16.0. The molecule has 0 amide bonds. The minimum atomic E-state index is 0.429.